The Morgan fingerprint density at radius 2 is 1.48 bits per heavy atom. The van der Waals surface area contributed by atoms with Crippen molar-refractivity contribution in [1.29, 1.82) is 0 Å². The van der Waals surface area contributed by atoms with Crippen molar-refractivity contribution in [2.45, 2.75) is 65.0 Å². The van der Waals surface area contributed by atoms with Gasteiger partial charge in [0, 0.05) is 5.41 Å². The number of rotatable bonds is 5. The Morgan fingerprint density at radius 1 is 1.00 bits per heavy atom. The zero-order chi connectivity index (χ0) is 19.6. The van der Waals surface area contributed by atoms with Gasteiger partial charge in [-0.3, -0.25) is 4.79 Å². The van der Waals surface area contributed by atoms with Crippen LogP contribution >= 0.6 is 0 Å². The number of benzene rings is 1. The predicted octanol–water partition coefficient (Wildman–Crippen LogP) is 2.60. The molecular formula is C18H27NO5S. The van der Waals surface area contributed by atoms with Crippen molar-refractivity contribution in [3.05, 3.63) is 29.8 Å². The van der Waals surface area contributed by atoms with E-state index in [4.69, 9.17) is 4.74 Å². The zero-order valence-corrected chi connectivity index (χ0v) is 16.7. The van der Waals surface area contributed by atoms with Crippen LogP contribution in [0.2, 0.25) is 0 Å². The van der Waals surface area contributed by atoms with Crippen molar-refractivity contribution in [3.63, 3.8) is 0 Å². The molecule has 1 N–H and O–H groups in total. The third-order valence-corrected chi connectivity index (χ3v) is 4.69. The van der Waals surface area contributed by atoms with Gasteiger partial charge in [-0.15, -0.1) is 0 Å². The number of ketones is 1. The highest BCUT2D eigenvalue weighted by Crippen LogP contribution is 2.21. The maximum absolute atomic E-state index is 12.6. The van der Waals surface area contributed by atoms with Crippen LogP contribution < -0.4 is 4.72 Å². The molecule has 1 rings (SSSR count). The van der Waals surface area contributed by atoms with Crippen LogP contribution in [0.5, 0.6) is 0 Å². The van der Waals surface area contributed by atoms with Crippen LogP contribution in [-0.4, -0.2) is 31.8 Å². The number of esters is 1. The van der Waals surface area contributed by atoms with Crippen LogP contribution in [0.4, 0.5) is 0 Å². The summed E-state index contributed by atoms with van der Waals surface area (Å²) in [6.07, 6.45) is 0. The molecule has 0 fully saturated rings. The van der Waals surface area contributed by atoms with Crippen molar-refractivity contribution in [2.24, 2.45) is 5.41 Å². The molecule has 1 atom stereocenters. The molecule has 0 amide bonds. The number of carbonyl (C=O) groups excluding carboxylic acids is 2. The van der Waals surface area contributed by atoms with Gasteiger partial charge in [0.25, 0.3) is 0 Å². The Hall–Kier alpha value is -1.73. The highest BCUT2D eigenvalue weighted by atomic mass is 32.2. The van der Waals surface area contributed by atoms with E-state index in [0.717, 1.165) is 5.56 Å². The largest absolute Gasteiger partial charge is 0.458 e. The smallest absolute Gasteiger partial charge is 0.332 e. The second-order valence-electron chi connectivity index (χ2n) is 8.02. The molecule has 1 aromatic carbocycles. The number of ether oxygens (including phenoxy) is 1. The highest BCUT2D eigenvalue weighted by molar-refractivity contribution is 7.89. The summed E-state index contributed by atoms with van der Waals surface area (Å²) in [6.45, 7) is 11.6. The molecule has 0 bridgehead atoms. The molecule has 1 unspecified atom stereocenters. The molecule has 140 valence electrons. The first-order valence-electron chi connectivity index (χ1n) is 8.00. The number of carbonyl (C=O) groups is 2. The van der Waals surface area contributed by atoms with E-state index in [-0.39, 0.29) is 4.90 Å². The van der Waals surface area contributed by atoms with Gasteiger partial charge in [-0.25, -0.2) is 13.2 Å². The van der Waals surface area contributed by atoms with Crippen molar-refractivity contribution in [1.82, 2.24) is 4.72 Å². The first-order chi connectivity index (χ1) is 11.1. The van der Waals surface area contributed by atoms with Gasteiger partial charge in [0.1, 0.15) is 5.60 Å². The first-order valence-corrected chi connectivity index (χ1v) is 9.48. The number of aryl methyl sites for hydroxylation is 1. The summed E-state index contributed by atoms with van der Waals surface area (Å²) < 4.78 is 32.6. The molecule has 0 aromatic heterocycles. The molecule has 0 aliphatic heterocycles. The number of Topliss-reactive ketones (excluding diaryl/α,β-unsaturated/α-hetero) is 1. The molecule has 1 aromatic rings. The molecule has 0 aliphatic rings. The Balaban J connectivity index is 3.22. The Kier molecular flexibility index (Phi) is 6.18. The zero-order valence-electron chi connectivity index (χ0n) is 15.8. The van der Waals surface area contributed by atoms with Crippen LogP contribution in [0.1, 0.15) is 47.1 Å². The average Bonchev–Trinajstić information content (AvgIpc) is 2.41. The molecule has 0 spiro atoms. The van der Waals surface area contributed by atoms with Gasteiger partial charge in [-0.2, -0.15) is 4.72 Å². The second-order valence-corrected chi connectivity index (χ2v) is 9.73. The third kappa shape index (κ3) is 6.25. The maximum Gasteiger partial charge on any atom is 0.332 e. The van der Waals surface area contributed by atoms with Crippen molar-refractivity contribution >= 4 is 21.8 Å². The van der Waals surface area contributed by atoms with Crippen LogP contribution in [0.25, 0.3) is 0 Å². The molecule has 0 aliphatic carbocycles. The van der Waals surface area contributed by atoms with E-state index in [1.165, 1.54) is 12.1 Å². The summed E-state index contributed by atoms with van der Waals surface area (Å²) >= 11 is 0. The predicted molar refractivity (Wildman–Crippen MR) is 95.6 cm³/mol. The normalized spacial score (nSPS) is 14.0. The lowest BCUT2D eigenvalue weighted by molar-refractivity contribution is -0.160. The van der Waals surface area contributed by atoms with Crippen molar-refractivity contribution in [2.75, 3.05) is 0 Å². The lowest BCUT2D eigenvalue weighted by atomic mass is 9.87. The SMILES string of the molecule is Cc1ccc(S(=O)(=O)NC(C(=O)OC(C)(C)C)C(=O)C(C)(C)C)cc1. The van der Waals surface area contributed by atoms with E-state index < -0.39 is 38.8 Å². The summed E-state index contributed by atoms with van der Waals surface area (Å²) in [5.41, 5.74) is -0.867. The summed E-state index contributed by atoms with van der Waals surface area (Å²) in [4.78, 5) is 25.0. The van der Waals surface area contributed by atoms with Crippen molar-refractivity contribution in [3.8, 4) is 0 Å². The van der Waals surface area contributed by atoms with Crippen LogP contribution in [0, 0.1) is 12.3 Å². The molecule has 0 heterocycles. The summed E-state index contributed by atoms with van der Waals surface area (Å²) in [5.74, 6) is -1.47. The average molecular weight is 369 g/mol. The number of sulfonamides is 1. The molecule has 7 heteroatoms. The van der Waals surface area contributed by atoms with E-state index in [9.17, 15) is 18.0 Å². The first kappa shape index (κ1) is 21.3. The molecular weight excluding hydrogens is 342 g/mol. The van der Waals surface area contributed by atoms with E-state index >= 15 is 0 Å². The minimum absolute atomic E-state index is 0.0200. The van der Waals surface area contributed by atoms with Gasteiger partial charge in [-0.1, -0.05) is 38.5 Å². The lowest BCUT2D eigenvalue weighted by Gasteiger charge is -2.27. The van der Waals surface area contributed by atoms with Gasteiger partial charge >= 0.3 is 5.97 Å². The van der Waals surface area contributed by atoms with Gasteiger partial charge in [0.2, 0.25) is 10.0 Å². The third-order valence-electron chi connectivity index (χ3n) is 3.25. The Labute approximate surface area is 150 Å². The Bertz CT molecular complexity index is 737. The van der Waals surface area contributed by atoms with Gasteiger partial charge < -0.3 is 4.74 Å². The standard InChI is InChI=1S/C18H27NO5S/c1-12-8-10-13(11-9-12)25(22,23)19-14(15(20)17(2,3)4)16(21)24-18(5,6)7/h8-11,14,19H,1-7H3. The maximum atomic E-state index is 12.6. The molecule has 0 saturated heterocycles. The second kappa shape index (κ2) is 7.25. The van der Waals surface area contributed by atoms with Gasteiger partial charge in [0.05, 0.1) is 4.90 Å². The number of nitrogens with one attached hydrogen (secondary N) is 1. The van der Waals surface area contributed by atoms with E-state index in [1.54, 1.807) is 53.7 Å². The van der Waals surface area contributed by atoms with E-state index in [0.29, 0.717) is 0 Å². The minimum Gasteiger partial charge on any atom is -0.458 e. The summed E-state index contributed by atoms with van der Waals surface area (Å²) in [6, 6.07) is 4.52. The van der Waals surface area contributed by atoms with Crippen LogP contribution in [0.3, 0.4) is 0 Å². The van der Waals surface area contributed by atoms with Gasteiger partial charge in [0.15, 0.2) is 11.8 Å². The topological polar surface area (TPSA) is 89.5 Å². The quantitative estimate of drug-likeness (QED) is 0.636. The monoisotopic (exact) mass is 369 g/mol. The number of hydrogen-bond acceptors (Lipinski definition) is 5. The molecule has 0 saturated carbocycles. The van der Waals surface area contributed by atoms with Crippen LogP contribution in [0.15, 0.2) is 29.2 Å². The highest BCUT2D eigenvalue weighted by Gasteiger charge is 2.40. The van der Waals surface area contributed by atoms with Gasteiger partial charge in [-0.05, 0) is 39.8 Å². The van der Waals surface area contributed by atoms with E-state index in [2.05, 4.69) is 4.72 Å². The summed E-state index contributed by atoms with van der Waals surface area (Å²) in [5, 5.41) is 0. The van der Waals surface area contributed by atoms with Crippen LogP contribution in [-0.2, 0) is 24.3 Å². The molecule has 25 heavy (non-hydrogen) atoms. The fourth-order valence-corrected chi connectivity index (χ4v) is 3.09. The van der Waals surface area contributed by atoms with E-state index in [1.807, 2.05) is 6.92 Å². The molecule has 6 nitrogen and oxygen atoms in total. The fourth-order valence-electron chi connectivity index (χ4n) is 1.94. The molecule has 0 radical (unpaired) electrons. The minimum atomic E-state index is -4.05. The van der Waals surface area contributed by atoms with Crippen molar-refractivity contribution < 1.29 is 22.7 Å². The fraction of sp³-hybridized carbons (Fsp3) is 0.556. The number of hydrogen-bond donors (Lipinski definition) is 1. The lowest BCUT2D eigenvalue weighted by Crippen LogP contribution is -2.52. The summed E-state index contributed by atoms with van der Waals surface area (Å²) in [7, 11) is -4.05. The Morgan fingerprint density at radius 3 is 1.88 bits per heavy atom.